The minimum atomic E-state index is -0.402. The Hall–Kier alpha value is -0.960. The normalized spacial score (nSPS) is 12.9. The van der Waals surface area contributed by atoms with E-state index in [0.29, 0.717) is 18.5 Å². The molecule has 0 aliphatic rings. The topological polar surface area (TPSA) is 26.0 Å². The van der Waals surface area contributed by atoms with E-state index < -0.39 is 5.82 Å². The number of halogens is 2. The van der Waals surface area contributed by atoms with Crippen molar-refractivity contribution in [3.8, 4) is 0 Å². The lowest BCUT2D eigenvalue weighted by Crippen LogP contribution is -2.13. The lowest BCUT2D eigenvalue weighted by molar-refractivity contribution is 0.541. The molecule has 3 heteroatoms. The van der Waals surface area contributed by atoms with E-state index in [-0.39, 0.29) is 11.7 Å². The van der Waals surface area contributed by atoms with Gasteiger partial charge in [-0.1, -0.05) is 6.92 Å². The van der Waals surface area contributed by atoms with Gasteiger partial charge < -0.3 is 5.73 Å². The van der Waals surface area contributed by atoms with E-state index in [1.807, 2.05) is 6.92 Å². The van der Waals surface area contributed by atoms with Crippen LogP contribution in [0.1, 0.15) is 12.5 Å². The first kappa shape index (κ1) is 10.1. The van der Waals surface area contributed by atoms with Crippen LogP contribution < -0.4 is 5.73 Å². The summed E-state index contributed by atoms with van der Waals surface area (Å²) in [6, 6.07) is 3.49. The van der Waals surface area contributed by atoms with Crippen LogP contribution in [0.4, 0.5) is 8.78 Å². The van der Waals surface area contributed by atoms with Gasteiger partial charge in [-0.3, -0.25) is 0 Å². The van der Waals surface area contributed by atoms with Gasteiger partial charge in [0.1, 0.15) is 11.6 Å². The van der Waals surface area contributed by atoms with E-state index in [9.17, 15) is 8.78 Å². The molecule has 13 heavy (non-hydrogen) atoms. The Bertz CT molecular complexity index is 286. The van der Waals surface area contributed by atoms with Gasteiger partial charge in [-0.05, 0) is 42.6 Å². The second kappa shape index (κ2) is 4.33. The number of hydrogen-bond acceptors (Lipinski definition) is 1. The van der Waals surface area contributed by atoms with Gasteiger partial charge in [-0.25, -0.2) is 8.78 Å². The van der Waals surface area contributed by atoms with Gasteiger partial charge in [-0.15, -0.1) is 0 Å². The molecule has 0 aliphatic carbocycles. The van der Waals surface area contributed by atoms with Crippen molar-refractivity contribution < 1.29 is 8.78 Å². The van der Waals surface area contributed by atoms with Crippen LogP contribution in [0.3, 0.4) is 0 Å². The highest BCUT2D eigenvalue weighted by molar-refractivity contribution is 5.19. The van der Waals surface area contributed by atoms with Gasteiger partial charge in [0.2, 0.25) is 0 Å². The van der Waals surface area contributed by atoms with Crippen molar-refractivity contribution in [1.82, 2.24) is 0 Å². The third-order valence-electron chi connectivity index (χ3n) is 1.98. The Kier molecular flexibility index (Phi) is 3.37. The summed E-state index contributed by atoms with van der Waals surface area (Å²) in [5.41, 5.74) is 5.79. The maximum Gasteiger partial charge on any atom is 0.126 e. The fourth-order valence-electron chi connectivity index (χ4n) is 1.16. The predicted octanol–water partition coefficient (Wildman–Crippen LogP) is 2.10. The SMILES string of the molecule is C[C@@H](CN)Cc1cc(F)ccc1F. The smallest absolute Gasteiger partial charge is 0.126 e. The van der Waals surface area contributed by atoms with Crippen molar-refractivity contribution in [3.05, 3.63) is 35.4 Å². The van der Waals surface area contributed by atoms with Crippen molar-refractivity contribution in [2.45, 2.75) is 13.3 Å². The minimum Gasteiger partial charge on any atom is -0.330 e. The third kappa shape index (κ3) is 2.77. The molecule has 1 atom stereocenters. The van der Waals surface area contributed by atoms with Crippen LogP contribution in [-0.4, -0.2) is 6.54 Å². The number of rotatable bonds is 3. The molecule has 72 valence electrons. The number of benzene rings is 1. The summed E-state index contributed by atoms with van der Waals surface area (Å²) < 4.78 is 25.8. The first-order chi connectivity index (χ1) is 6.13. The van der Waals surface area contributed by atoms with Gasteiger partial charge in [0.15, 0.2) is 0 Å². The minimum absolute atomic E-state index is 0.177. The Morgan fingerprint density at radius 1 is 1.38 bits per heavy atom. The average molecular weight is 185 g/mol. The summed E-state index contributed by atoms with van der Waals surface area (Å²) in [7, 11) is 0. The van der Waals surface area contributed by atoms with E-state index in [2.05, 4.69) is 0 Å². The molecule has 0 amide bonds. The highest BCUT2D eigenvalue weighted by Crippen LogP contribution is 2.13. The second-order valence-corrected chi connectivity index (χ2v) is 3.28. The maximum atomic E-state index is 13.1. The van der Waals surface area contributed by atoms with E-state index in [0.717, 1.165) is 12.1 Å². The summed E-state index contributed by atoms with van der Waals surface area (Å²) >= 11 is 0. The van der Waals surface area contributed by atoms with Gasteiger partial charge in [0.05, 0.1) is 0 Å². The van der Waals surface area contributed by atoms with Crippen LogP contribution in [0.2, 0.25) is 0 Å². The van der Waals surface area contributed by atoms with E-state index in [1.165, 1.54) is 6.07 Å². The van der Waals surface area contributed by atoms with Crippen LogP contribution in [0.25, 0.3) is 0 Å². The molecule has 0 saturated carbocycles. The molecule has 1 aromatic carbocycles. The molecule has 1 rings (SSSR count). The molecule has 0 radical (unpaired) electrons. The Morgan fingerprint density at radius 3 is 2.69 bits per heavy atom. The van der Waals surface area contributed by atoms with E-state index in [1.54, 1.807) is 0 Å². The molecule has 0 fully saturated rings. The van der Waals surface area contributed by atoms with Crippen LogP contribution >= 0.6 is 0 Å². The lowest BCUT2D eigenvalue weighted by atomic mass is 10.0. The van der Waals surface area contributed by atoms with Crippen LogP contribution in [0.5, 0.6) is 0 Å². The maximum absolute atomic E-state index is 13.1. The van der Waals surface area contributed by atoms with Crippen LogP contribution in [-0.2, 0) is 6.42 Å². The van der Waals surface area contributed by atoms with Gasteiger partial charge in [-0.2, -0.15) is 0 Å². The fourth-order valence-corrected chi connectivity index (χ4v) is 1.16. The fraction of sp³-hybridized carbons (Fsp3) is 0.400. The number of nitrogens with two attached hydrogens (primary N) is 1. The predicted molar refractivity (Wildman–Crippen MR) is 48.3 cm³/mol. The average Bonchev–Trinajstić information content (AvgIpc) is 2.11. The summed E-state index contributed by atoms with van der Waals surface area (Å²) in [6.07, 6.45) is 0.486. The largest absolute Gasteiger partial charge is 0.330 e. The summed E-state index contributed by atoms with van der Waals surface area (Å²) in [5.74, 6) is -0.585. The van der Waals surface area contributed by atoms with E-state index >= 15 is 0 Å². The lowest BCUT2D eigenvalue weighted by Gasteiger charge is -2.08. The molecule has 0 spiro atoms. The van der Waals surface area contributed by atoms with Crippen LogP contribution in [0, 0.1) is 17.6 Å². The first-order valence-corrected chi connectivity index (χ1v) is 4.27. The Morgan fingerprint density at radius 2 is 2.08 bits per heavy atom. The van der Waals surface area contributed by atoms with Crippen molar-refractivity contribution >= 4 is 0 Å². The van der Waals surface area contributed by atoms with Crippen molar-refractivity contribution in [2.75, 3.05) is 6.54 Å². The molecular weight excluding hydrogens is 172 g/mol. The monoisotopic (exact) mass is 185 g/mol. The zero-order valence-electron chi connectivity index (χ0n) is 7.56. The molecule has 1 nitrogen and oxygen atoms in total. The second-order valence-electron chi connectivity index (χ2n) is 3.28. The van der Waals surface area contributed by atoms with Gasteiger partial charge >= 0.3 is 0 Å². The molecule has 1 aromatic rings. The summed E-state index contributed by atoms with van der Waals surface area (Å²) in [6.45, 7) is 2.39. The quantitative estimate of drug-likeness (QED) is 0.766. The van der Waals surface area contributed by atoms with E-state index in [4.69, 9.17) is 5.73 Å². The van der Waals surface area contributed by atoms with Gasteiger partial charge in [0, 0.05) is 0 Å². The molecular formula is C10H13F2N. The molecule has 0 heterocycles. The van der Waals surface area contributed by atoms with Crippen molar-refractivity contribution in [1.29, 1.82) is 0 Å². The first-order valence-electron chi connectivity index (χ1n) is 4.27. The molecule has 0 bridgehead atoms. The number of hydrogen-bond donors (Lipinski definition) is 1. The molecule has 2 N–H and O–H groups in total. The zero-order valence-corrected chi connectivity index (χ0v) is 7.56. The molecule has 0 unspecified atom stereocenters. The molecule has 0 aromatic heterocycles. The Labute approximate surface area is 76.6 Å². The standard InChI is InChI=1S/C10H13F2N/c1-7(6-13)4-8-5-9(11)2-3-10(8)12/h2-3,5,7H,4,6,13H2,1H3/t7-/m1/s1. The zero-order chi connectivity index (χ0) is 9.84. The highest BCUT2D eigenvalue weighted by Gasteiger charge is 2.07. The highest BCUT2D eigenvalue weighted by atomic mass is 19.1. The molecule has 0 aliphatic heterocycles. The van der Waals surface area contributed by atoms with Crippen molar-refractivity contribution in [2.24, 2.45) is 11.7 Å². The Balaban J connectivity index is 2.81. The summed E-state index contributed by atoms with van der Waals surface area (Å²) in [4.78, 5) is 0. The van der Waals surface area contributed by atoms with Crippen LogP contribution in [0.15, 0.2) is 18.2 Å². The summed E-state index contributed by atoms with van der Waals surface area (Å²) in [5, 5.41) is 0. The van der Waals surface area contributed by atoms with Crippen molar-refractivity contribution in [3.63, 3.8) is 0 Å². The molecule has 0 saturated heterocycles. The third-order valence-corrected chi connectivity index (χ3v) is 1.98. The van der Waals surface area contributed by atoms with Gasteiger partial charge in [0.25, 0.3) is 0 Å².